The van der Waals surface area contributed by atoms with Crippen molar-refractivity contribution >= 4 is 29.4 Å². The molecule has 7 nitrogen and oxygen atoms in total. The maximum atomic E-state index is 15.2. The zero-order valence-electron chi connectivity index (χ0n) is 22.7. The predicted molar refractivity (Wildman–Crippen MR) is 151 cm³/mol. The number of carbonyl (C=O) groups is 2. The topological polar surface area (TPSA) is 80.1 Å². The summed E-state index contributed by atoms with van der Waals surface area (Å²) in [5, 5.41) is 6.92. The van der Waals surface area contributed by atoms with Crippen molar-refractivity contribution in [2.24, 2.45) is 0 Å². The molecule has 4 aromatic rings. The lowest BCUT2D eigenvalue weighted by atomic mass is 9.87. The van der Waals surface area contributed by atoms with Gasteiger partial charge in [-0.3, -0.25) is 19.5 Å². The molecule has 1 atom stereocenters. The highest BCUT2D eigenvalue weighted by atomic mass is 32.2. The van der Waals surface area contributed by atoms with Gasteiger partial charge in [-0.2, -0.15) is 5.10 Å². The quantitative estimate of drug-likeness (QED) is 0.328. The van der Waals surface area contributed by atoms with Gasteiger partial charge in [0, 0.05) is 28.8 Å². The zero-order chi connectivity index (χ0) is 29.3. The number of halogens is 3. The maximum Gasteiger partial charge on any atom is 0.240 e. The monoisotopic (exact) mass is 579 g/mol. The van der Waals surface area contributed by atoms with Gasteiger partial charge in [-0.15, -0.1) is 11.8 Å². The number of thioether (sulfide) groups is 1. The Morgan fingerprint density at radius 2 is 1.78 bits per heavy atom. The van der Waals surface area contributed by atoms with E-state index in [1.165, 1.54) is 57.7 Å². The predicted octanol–water partition coefficient (Wildman–Crippen LogP) is 5.47. The highest BCUT2D eigenvalue weighted by molar-refractivity contribution is 8.00. The van der Waals surface area contributed by atoms with E-state index in [2.05, 4.69) is 10.3 Å². The zero-order valence-corrected chi connectivity index (χ0v) is 23.5. The number of amides is 2. The molecular weight excluding hydrogens is 551 g/mol. The van der Waals surface area contributed by atoms with Crippen LogP contribution in [0.4, 0.5) is 19.0 Å². The molecule has 0 bridgehead atoms. The van der Waals surface area contributed by atoms with Gasteiger partial charge in [-0.25, -0.2) is 17.9 Å². The average molecular weight is 580 g/mol. The van der Waals surface area contributed by atoms with Gasteiger partial charge in [0.05, 0.1) is 34.6 Å². The molecule has 11 heteroatoms. The van der Waals surface area contributed by atoms with E-state index < -0.39 is 39.9 Å². The van der Waals surface area contributed by atoms with E-state index in [4.69, 9.17) is 5.10 Å². The summed E-state index contributed by atoms with van der Waals surface area (Å²) in [5.41, 5.74) is 1.81. The number of pyridine rings is 1. The van der Waals surface area contributed by atoms with Gasteiger partial charge in [0.15, 0.2) is 0 Å². The van der Waals surface area contributed by atoms with Crippen LogP contribution in [0.5, 0.6) is 0 Å². The molecule has 2 aromatic carbocycles. The number of hydrogen-bond donors (Lipinski definition) is 1. The van der Waals surface area contributed by atoms with Crippen LogP contribution in [0.1, 0.15) is 48.5 Å². The van der Waals surface area contributed by atoms with E-state index in [9.17, 15) is 18.4 Å². The smallest absolute Gasteiger partial charge is 0.240 e. The standard InChI is InChI=1S/C30H28F3N5O2S/c1-30(2,3)28-26-27(22-12-9-19(32)14-23(22)33)41-17-25(40)37(16-24(39)35-15-20-6-4-5-13-34-20)29(26)38(36-28)21-10-7-18(31)8-11-21/h4-14,27H,15-17H2,1-3H3,(H,35,39)/t27-/m0/s1. The van der Waals surface area contributed by atoms with Gasteiger partial charge in [0.25, 0.3) is 0 Å². The second-order valence-corrected chi connectivity index (χ2v) is 11.8. The van der Waals surface area contributed by atoms with Crippen molar-refractivity contribution in [3.05, 3.63) is 107 Å². The van der Waals surface area contributed by atoms with Crippen molar-refractivity contribution in [3.8, 4) is 5.69 Å². The Morgan fingerprint density at radius 1 is 1.05 bits per heavy atom. The second-order valence-electron chi connectivity index (χ2n) is 10.7. The molecule has 0 saturated carbocycles. The van der Waals surface area contributed by atoms with E-state index in [0.29, 0.717) is 22.6 Å². The van der Waals surface area contributed by atoms with Crippen LogP contribution < -0.4 is 10.2 Å². The minimum absolute atomic E-state index is 0.0727. The summed E-state index contributed by atoms with van der Waals surface area (Å²) in [4.78, 5) is 32.4. The van der Waals surface area contributed by atoms with Crippen LogP contribution >= 0.6 is 11.8 Å². The number of benzene rings is 2. The fourth-order valence-electron chi connectivity index (χ4n) is 4.69. The van der Waals surface area contributed by atoms with Crippen molar-refractivity contribution in [2.45, 2.75) is 38.0 Å². The summed E-state index contributed by atoms with van der Waals surface area (Å²) in [6.07, 6.45) is 1.62. The van der Waals surface area contributed by atoms with Crippen molar-refractivity contribution in [3.63, 3.8) is 0 Å². The van der Waals surface area contributed by atoms with Crippen LogP contribution in [0.2, 0.25) is 0 Å². The first kappa shape index (κ1) is 28.4. The Bertz CT molecular complexity index is 1590. The normalized spacial score (nSPS) is 15.4. The van der Waals surface area contributed by atoms with Gasteiger partial charge >= 0.3 is 0 Å². The average Bonchev–Trinajstić information content (AvgIpc) is 3.27. The van der Waals surface area contributed by atoms with Crippen LogP contribution in [-0.4, -0.2) is 38.9 Å². The number of rotatable bonds is 6. The highest BCUT2D eigenvalue weighted by Crippen LogP contribution is 2.49. The van der Waals surface area contributed by atoms with Crippen LogP contribution in [0, 0.1) is 17.5 Å². The van der Waals surface area contributed by atoms with Gasteiger partial charge in [0.1, 0.15) is 29.8 Å². The summed E-state index contributed by atoms with van der Waals surface area (Å²) in [6, 6.07) is 14.3. The first-order chi connectivity index (χ1) is 19.5. The van der Waals surface area contributed by atoms with Gasteiger partial charge in [0.2, 0.25) is 11.8 Å². The van der Waals surface area contributed by atoms with Crippen LogP contribution in [0.15, 0.2) is 66.9 Å². The van der Waals surface area contributed by atoms with Crippen LogP contribution in [0.3, 0.4) is 0 Å². The minimum Gasteiger partial charge on any atom is -0.349 e. The molecule has 5 rings (SSSR count). The molecule has 2 amide bonds. The third kappa shape index (κ3) is 6.00. The van der Waals surface area contributed by atoms with Crippen molar-refractivity contribution in [2.75, 3.05) is 17.2 Å². The van der Waals surface area contributed by atoms with Gasteiger partial charge in [-0.05, 0) is 42.5 Å². The number of nitrogens with one attached hydrogen (secondary N) is 1. The SMILES string of the molecule is CC(C)(C)c1nn(-c2ccc(F)cc2)c2c1[C@H](c1ccc(F)cc1F)SCC(=O)N2CC(=O)NCc1ccccn1. The summed E-state index contributed by atoms with van der Waals surface area (Å²) < 4.78 is 44.5. The minimum atomic E-state index is -0.753. The Kier molecular flexibility index (Phi) is 7.90. The fraction of sp³-hybridized carbons (Fsp3) is 0.267. The lowest BCUT2D eigenvalue weighted by molar-refractivity contribution is -0.123. The molecule has 0 fully saturated rings. The van der Waals surface area contributed by atoms with Gasteiger partial charge in [-0.1, -0.05) is 32.9 Å². The molecular formula is C30H28F3N5O2S. The van der Waals surface area contributed by atoms with E-state index in [1.807, 2.05) is 20.8 Å². The third-order valence-electron chi connectivity index (χ3n) is 6.61. The molecule has 41 heavy (non-hydrogen) atoms. The Labute approximate surface area is 239 Å². The summed E-state index contributed by atoms with van der Waals surface area (Å²) in [5.74, 6) is -2.54. The fourth-order valence-corrected chi connectivity index (χ4v) is 5.91. The lowest BCUT2D eigenvalue weighted by Gasteiger charge is -2.24. The van der Waals surface area contributed by atoms with Crippen LogP contribution in [-0.2, 0) is 21.5 Å². The molecule has 0 unspecified atom stereocenters. The number of nitrogens with zero attached hydrogens (tertiary/aromatic N) is 4. The maximum absolute atomic E-state index is 15.2. The third-order valence-corrected chi connectivity index (χ3v) is 7.85. The highest BCUT2D eigenvalue weighted by Gasteiger charge is 2.40. The number of anilines is 1. The summed E-state index contributed by atoms with van der Waals surface area (Å²) >= 11 is 1.18. The van der Waals surface area contributed by atoms with Crippen molar-refractivity contribution < 1.29 is 22.8 Å². The van der Waals surface area contributed by atoms with E-state index >= 15 is 4.39 Å². The first-order valence-corrected chi connectivity index (χ1v) is 14.0. The summed E-state index contributed by atoms with van der Waals surface area (Å²) in [6.45, 7) is 5.63. The molecule has 1 aliphatic rings. The molecule has 3 heterocycles. The Hall–Kier alpha value is -4.12. The molecule has 0 spiro atoms. The number of aromatic nitrogens is 3. The second kappa shape index (κ2) is 11.4. The van der Waals surface area contributed by atoms with E-state index in [1.54, 1.807) is 24.4 Å². The van der Waals surface area contributed by atoms with E-state index in [-0.39, 0.29) is 30.2 Å². The Balaban J connectivity index is 1.67. The molecule has 1 aliphatic heterocycles. The lowest BCUT2D eigenvalue weighted by Crippen LogP contribution is -2.42. The number of carbonyl (C=O) groups excluding carboxylic acids is 2. The number of fused-ring (bicyclic) bond motifs is 1. The summed E-state index contributed by atoms with van der Waals surface area (Å²) in [7, 11) is 0. The largest absolute Gasteiger partial charge is 0.349 e. The van der Waals surface area contributed by atoms with Crippen LogP contribution in [0.25, 0.3) is 5.69 Å². The molecule has 0 aliphatic carbocycles. The molecule has 0 saturated heterocycles. The van der Waals surface area contributed by atoms with E-state index in [0.717, 1.165) is 6.07 Å². The van der Waals surface area contributed by atoms with Crippen molar-refractivity contribution in [1.29, 1.82) is 0 Å². The molecule has 0 radical (unpaired) electrons. The van der Waals surface area contributed by atoms with Gasteiger partial charge < -0.3 is 5.32 Å². The van der Waals surface area contributed by atoms with Crippen molar-refractivity contribution in [1.82, 2.24) is 20.1 Å². The number of hydrogen-bond acceptors (Lipinski definition) is 5. The molecule has 1 N–H and O–H groups in total. The molecule has 212 valence electrons. The first-order valence-electron chi connectivity index (χ1n) is 13.0. The Morgan fingerprint density at radius 3 is 2.44 bits per heavy atom. The molecule has 2 aromatic heterocycles.